The van der Waals surface area contributed by atoms with Crippen LogP contribution in [0.25, 0.3) is 11.1 Å². The molecule has 1 saturated heterocycles. The molecule has 1 saturated carbocycles. The smallest absolute Gasteiger partial charge is 0.409 e. The Balaban J connectivity index is 0.000000279. The monoisotopic (exact) mass is 576 g/mol. The summed E-state index contributed by atoms with van der Waals surface area (Å²) < 4.78 is 16.6. The van der Waals surface area contributed by atoms with Crippen LogP contribution in [-0.2, 0) is 25.5 Å². The molecule has 1 unspecified atom stereocenters. The van der Waals surface area contributed by atoms with Gasteiger partial charge >= 0.3 is 6.09 Å². The third-order valence-electron chi connectivity index (χ3n) is 7.40. The van der Waals surface area contributed by atoms with E-state index >= 15 is 0 Å². The Kier molecular flexibility index (Phi) is 12.2. The minimum Gasteiger partial charge on any atom is -0.447 e. The predicted molar refractivity (Wildman–Crippen MR) is 159 cm³/mol. The molecule has 1 atom stereocenters. The van der Waals surface area contributed by atoms with Crippen LogP contribution >= 0.6 is 0 Å². The molecule has 0 spiro atoms. The maximum absolute atomic E-state index is 12.3. The second-order valence-corrected chi connectivity index (χ2v) is 10.7. The first kappa shape index (κ1) is 31.0. The summed E-state index contributed by atoms with van der Waals surface area (Å²) in [6.07, 6.45) is 4.92. The fourth-order valence-electron chi connectivity index (χ4n) is 4.93. The number of likely N-dealkylation sites (tertiary alicyclic amines) is 1. The van der Waals surface area contributed by atoms with E-state index in [0.29, 0.717) is 13.1 Å². The summed E-state index contributed by atoms with van der Waals surface area (Å²) in [4.78, 5) is 28.1. The van der Waals surface area contributed by atoms with Crippen molar-refractivity contribution in [1.29, 1.82) is 0 Å². The van der Waals surface area contributed by atoms with E-state index in [1.54, 1.807) is 4.90 Å². The second kappa shape index (κ2) is 16.5. The van der Waals surface area contributed by atoms with Crippen molar-refractivity contribution in [3.05, 3.63) is 107 Å². The van der Waals surface area contributed by atoms with Crippen LogP contribution in [-0.4, -0.2) is 68.3 Å². The largest absolute Gasteiger partial charge is 0.447 e. The van der Waals surface area contributed by atoms with Crippen molar-refractivity contribution in [2.24, 2.45) is 5.41 Å². The van der Waals surface area contributed by atoms with Gasteiger partial charge in [-0.2, -0.15) is 0 Å². The molecule has 1 aliphatic carbocycles. The SMILES string of the molecule is O=C(OCCOCCO[N+](=O)[O-])N1CCCC(OCC2(Cc3ccccc3)CC2)C1.c1ccc(-c2ccccc2)cc1. The molecule has 9 heteroatoms. The first-order valence-corrected chi connectivity index (χ1v) is 14.6. The molecule has 1 aliphatic heterocycles. The van der Waals surface area contributed by atoms with Crippen LogP contribution in [0.2, 0.25) is 0 Å². The van der Waals surface area contributed by atoms with Gasteiger partial charge < -0.3 is 23.9 Å². The van der Waals surface area contributed by atoms with Crippen molar-refractivity contribution >= 4 is 6.09 Å². The Labute approximate surface area is 247 Å². The average molecular weight is 577 g/mol. The van der Waals surface area contributed by atoms with E-state index in [-0.39, 0.29) is 44.0 Å². The van der Waals surface area contributed by atoms with Crippen LogP contribution in [0.4, 0.5) is 4.79 Å². The van der Waals surface area contributed by atoms with Crippen molar-refractivity contribution in [1.82, 2.24) is 4.90 Å². The summed E-state index contributed by atoms with van der Waals surface area (Å²) in [7, 11) is 0. The van der Waals surface area contributed by atoms with Gasteiger partial charge in [-0.1, -0.05) is 91.0 Å². The average Bonchev–Trinajstić information content (AvgIpc) is 3.80. The molecular weight excluding hydrogens is 536 g/mol. The number of benzene rings is 3. The van der Waals surface area contributed by atoms with E-state index in [1.165, 1.54) is 29.5 Å². The maximum Gasteiger partial charge on any atom is 0.409 e. The lowest BCUT2D eigenvalue weighted by molar-refractivity contribution is -0.758. The lowest BCUT2D eigenvalue weighted by atomic mass is 9.97. The van der Waals surface area contributed by atoms with Gasteiger partial charge in [-0.15, -0.1) is 10.1 Å². The first-order valence-electron chi connectivity index (χ1n) is 14.6. The molecule has 3 aromatic rings. The van der Waals surface area contributed by atoms with Gasteiger partial charge in [-0.25, -0.2) is 4.79 Å². The molecule has 1 amide bonds. The van der Waals surface area contributed by atoms with Crippen LogP contribution in [0.15, 0.2) is 91.0 Å². The molecule has 0 N–H and O–H groups in total. The van der Waals surface area contributed by atoms with Gasteiger partial charge in [-0.3, -0.25) is 0 Å². The van der Waals surface area contributed by atoms with Gasteiger partial charge in [0.1, 0.15) is 13.2 Å². The fraction of sp³-hybridized carbons (Fsp3) is 0.424. The Morgan fingerprint density at radius 3 is 2.05 bits per heavy atom. The van der Waals surface area contributed by atoms with E-state index in [1.807, 2.05) is 18.2 Å². The highest BCUT2D eigenvalue weighted by Crippen LogP contribution is 2.49. The number of carbonyl (C=O) groups excluding carboxylic acids is 1. The molecule has 1 heterocycles. The number of ether oxygens (including phenoxy) is 3. The lowest BCUT2D eigenvalue weighted by Gasteiger charge is -2.33. The zero-order valence-corrected chi connectivity index (χ0v) is 24.0. The summed E-state index contributed by atoms with van der Waals surface area (Å²) in [5, 5.41) is 9.14. The summed E-state index contributed by atoms with van der Waals surface area (Å²) >= 11 is 0. The highest BCUT2D eigenvalue weighted by Gasteiger charge is 2.43. The van der Waals surface area contributed by atoms with Crippen LogP contribution in [0.3, 0.4) is 0 Å². The number of piperidine rings is 1. The number of nitrogens with zero attached hydrogens (tertiary/aromatic N) is 2. The second-order valence-electron chi connectivity index (χ2n) is 10.7. The third kappa shape index (κ3) is 10.8. The van der Waals surface area contributed by atoms with Crippen LogP contribution in [0.1, 0.15) is 31.2 Å². The molecule has 224 valence electrons. The molecule has 2 aliphatic rings. The maximum atomic E-state index is 12.3. The normalized spacial score (nSPS) is 17.0. The quantitative estimate of drug-likeness (QED) is 0.136. The highest BCUT2D eigenvalue weighted by atomic mass is 17.0. The minimum absolute atomic E-state index is 0.0371. The van der Waals surface area contributed by atoms with Crippen molar-refractivity contribution < 1.29 is 28.9 Å². The van der Waals surface area contributed by atoms with E-state index in [9.17, 15) is 14.9 Å². The van der Waals surface area contributed by atoms with Gasteiger partial charge in [-0.05, 0) is 54.2 Å². The lowest BCUT2D eigenvalue weighted by Crippen LogP contribution is -2.44. The molecular formula is C33H40N2O7. The molecule has 5 rings (SSSR count). The topological polar surface area (TPSA) is 100 Å². The van der Waals surface area contributed by atoms with Gasteiger partial charge in [0.15, 0.2) is 0 Å². The number of carbonyl (C=O) groups is 1. The fourth-order valence-corrected chi connectivity index (χ4v) is 4.93. The zero-order chi connectivity index (χ0) is 29.5. The summed E-state index contributed by atoms with van der Waals surface area (Å²) in [5.41, 5.74) is 4.15. The molecule has 0 aromatic heterocycles. The molecule has 3 aromatic carbocycles. The van der Waals surface area contributed by atoms with Crippen molar-refractivity contribution in [3.8, 4) is 11.1 Å². The minimum atomic E-state index is -0.870. The summed E-state index contributed by atoms with van der Waals surface area (Å²) in [6.45, 7) is 2.13. The first-order chi connectivity index (χ1) is 20.5. The van der Waals surface area contributed by atoms with Crippen LogP contribution in [0.5, 0.6) is 0 Å². The standard InChI is InChI=1S/C21H30N2O7.C12H10/c24-20(28-13-11-27-12-14-30-23(25)26)22-10-4-7-19(16-22)29-17-21(8-9-21)15-18-5-2-1-3-6-18;1-3-7-11(8-4-1)12-9-5-2-6-10-12/h1-3,5-6,19H,4,7-17H2;1-10H. The van der Waals surface area contributed by atoms with Crippen molar-refractivity contribution in [2.75, 3.05) is 46.1 Å². The Bertz CT molecular complexity index is 1170. The van der Waals surface area contributed by atoms with Gasteiger partial charge in [0.2, 0.25) is 0 Å². The number of amides is 1. The molecule has 2 fully saturated rings. The summed E-state index contributed by atoms with van der Waals surface area (Å²) in [5.74, 6) is 0. The van der Waals surface area contributed by atoms with Crippen LogP contribution < -0.4 is 0 Å². The predicted octanol–water partition coefficient (Wildman–Crippen LogP) is 6.21. The number of hydrogen-bond donors (Lipinski definition) is 0. The Hall–Kier alpha value is -3.95. The molecule has 9 nitrogen and oxygen atoms in total. The zero-order valence-electron chi connectivity index (χ0n) is 24.0. The Morgan fingerprint density at radius 2 is 1.45 bits per heavy atom. The number of hydrogen-bond acceptors (Lipinski definition) is 7. The van der Waals surface area contributed by atoms with E-state index in [4.69, 9.17) is 14.2 Å². The third-order valence-corrected chi connectivity index (χ3v) is 7.40. The van der Waals surface area contributed by atoms with E-state index in [2.05, 4.69) is 77.6 Å². The van der Waals surface area contributed by atoms with Gasteiger partial charge in [0.05, 0.1) is 32.5 Å². The molecule has 0 bridgehead atoms. The highest BCUT2D eigenvalue weighted by molar-refractivity contribution is 5.67. The van der Waals surface area contributed by atoms with Crippen molar-refractivity contribution in [2.45, 2.75) is 38.2 Å². The van der Waals surface area contributed by atoms with E-state index < -0.39 is 5.09 Å². The van der Waals surface area contributed by atoms with E-state index in [0.717, 1.165) is 25.9 Å². The van der Waals surface area contributed by atoms with Crippen LogP contribution in [0, 0.1) is 15.5 Å². The molecule has 42 heavy (non-hydrogen) atoms. The molecule has 0 radical (unpaired) electrons. The van der Waals surface area contributed by atoms with Crippen molar-refractivity contribution in [3.63, 3.8) is 0 Å². The summed E-state index contributed by atoms with van der Waals surface area (Å²) in [6, 6.07) is 31.3. The Morgan fingerprint density at radius 1 is 0.857 bits per heavy atom. The van der Waals surface area contributed by atoms with Gasteiger partial charge in [0.25, 0.3) is 5.09 Å². The number of rotatable bonds is 13. The van der Waals surface area contributed by atoms with Gasteiger partial charge in [0, 0.05) is 6.54 Å².